The van der Waals surface area contributed by atoms with Gasteiger partial charge in [-0.1, -0.05) is 13.8 Å². The second kappa shape index (κ2) is 7.98. The van der Waals surface area contributed by atoms with Gasteiger partial charge in [0, 0.05) is 32.7 Å². The number of hydrogen-bond donors (Lipinski definition) is 1. The molecule has 1 aliphatic rings. The maximum absolute atomic E-state index is 13.7. The van der Waals surface area contributed by atoms with Gasteiger partial charge in [-0.15, -0.1) is 0 Å². The van der Waals surface area contributed by atoms with Crippen LogP contribution in [0.15, 0.2) is 12.1 Å². The summed E-state index contributed by atoms with van der Waals surface area (Å²) in [5, 5.41) is 2.34. The maximum Gasteiger partial charge on any atom is 0.241 e. The molecule has 0 aliphatic carbocycles. The van der Waals surface area contributed by atoms with Gasteiger partial charge in [-0.25, -0.2) is 13.2 Å². The first-order chi connectivity index (χ1) is 11.3. The SMILES string of the molecule is CC(C)CN1CCN(C(C)C(=O)Nc2ccc(F)c(F)c2F)CC1. The molecule has 2 rings (SSSR count). The van der Waals surface area contributed by atoms with Crippen molar-refractivity contribution in [1.82, 2.24) is 9.80 Å². The number of hydrogen-bond acceptors (Lipinski definition) is 3. The molecule has 1 aromatic carbocycles. The van der Waals surface area contributed by atoms with Crippen molar-refractivity contribution in [2.24, 2.45) is 5.92 Å². The van der Waals surface area contributed by atoms with E-state index >= 15 is 0 Å². The van der Waals surface area contributed by atoms with Crippen LogP contribution in [0, 0.1) is 23.4 Å². The molecule has 1 heterocycles. The van der Waals surface area contributed by atoms with Crippen molar-refractivity contribution >= 4 is 11.6 Å². The number of nitrogens with zero attached hydrogens (tertiary/aromatic N) is 2. The molecule has 4 nitrogen and oxygen atoms in total. The normalized spacial score (nSPS) is 18.0. The average molecular weight is 343 g/mol. The summed E-state index contributed by atoms with van der Waals surface area (Å²) >= 11 is 0. The molecular weight excluding hydrogens is 319 g/mol. The fourth-order valence-corrected chi connectivity index (χ4v) is 2.88. The largest absolute Gasteiger partial charge is 0.322 e. The van der Waals surface area contributed by atoms with Gasteiger partial charge in [0.25, 0.3) is 0 Å². The average Bonchev–Trinajstić information content (AvgIpc) is 2.55. The minimum Gasteiger partial charge on any atom is -0.322 e. The number of nitrogens with one attached hydrogen (secondary N) is 1. The third-order valence-corrected chi connectivity index (χ3v) is 4.25. The van der Waals surface area contributed by atoms with Crippen molar-refractivity contribution < 1.29 is 18.0 Å². The predicted molar refractivity (Wildman–Crippen MR) is 87.3 cm³/mol. The Balaban J connectivity index is 1.93. The van der Waals surface area contributed by atoms with Crippen LogP contribution in [-0.2, 0) is 4.79 Å². The van der Waals surface area contributed by atoms with Crippen LogP contribution >= 0.6 is 0 Å². The van der Waals surface area contributed by atoms with Gasteiger partial charge in [-0.05, 0) is 25.0 Å². The van der Waals surface area contributed by atoms with Crippen LogP contribution < -0.4 is 5.32 Å². The van der Waals surface area contributed by atoms with E-state index in [4.69, 9.17) is 0 Å². The van der Waals surface area contributed by atoms with Gasteiger partial charge < -0.3 is 10.2 Å². The first kappa shape index (κ1) is 18.7. The van der Waals surface area contributed by atoms with Crippen LogP contribution in [0.25, 0.3) is 0 Å². The lowest BCUT2D eigenvalue weighted by Crippen LogP contribution is -2.53. The molecule has 1 aliphatic heterocycles. The standard InChI is InChI=1S/C17H24F3N3O/c1-11(2)10-22-6-8-23(9-7-22)12(3)17(24)21-14-5-4-13(18)15(19)16(14)20/h4-5,11-12H,6-10H2,1-3H3,(H,21,24). The van der Waals surface area contributed by atoms with E-state index in [1.54, 1.807) is 6.92 Å². The Hall–Kier alpha value is -1.60. The summed E-state index contributed by atoms with van der Waals surface area (Å²) in [4.78, 5) is 16.6. The van der Waals surface area contributed by atoms with Gasteiger partial charge in [0.2, 0.25) is 5.91 Å². The Labute approximate surface area is 140 Å². The molecule has 24 heavy (non-hydrogen) atoms. The summed E-state index contributed by atoms with van der Waals surface area (Å²) < 4.78 is 39.8. The molecule has 1 N–H and O–H groups in total. The third kappa shape index (κ3) is 4.48. The summed E-state index contributed by atoms with van der Waals surface area (Å²) in [6.45, 7) is 10.3. The first-order valence-electron chi connectivity index (χ1n) is 8.20. The molecule has 1 aromatic rings. The Bertz CT molecular complexity index is 587. The number of halogens is 3. The monoisotopic (exact) mass is 343 g/mol. The molecule has 0 aromatic heterocycles. The molecule has 1 saturated heterocycles. The summed E-state index contributed by atoms with van der Waals surface area (Å²) in [6.07, 6.45) is 0. The summed E-state index contributed by atoms with van der Waals surface area (Å²) in [6, 6.07) is 1.35. The number of carbonyl (C=O) groups excluding carboxylic acids is 1. The number of rotatable bonds is 5. The van der Waals surface area contributed by atoms with Crippen LogP contribution in [-0.4, -0.2) is 54.5 Å². The molecule has 0 saturated carbocycles. The fourth-order valence-electron chi connectivity index (χ4n) is 2.88. The van der Waals surface area contributed by atoms with Gasteiger partial charge in [-0.2, -0.15) is 0 Å². The lowest BCUT2D eigenvalue weighted by molar-refractivity contribution is -0.121. The Morgan fingerprint density at radius 1 is 1.08 bits per heavy atom. The quantitative estimate of drug-likeness (QED) is 0.835. The molecule has 7 heteroatoms. The zero-order valence-electron chi connectivity index (χ0n) is 14.3. The van der Waals surface area contributed by atoms with Crippen LogP contribution in [0.1, 0.15) is 20.8 Å². The van der Waals surface area contributed by atoms with Gasteiger partial charge in [-0.3, -0.25) is 9.69 Å². The van der Waals surface area contributed by atoms with Gasteiger partial charge in [0.1, 0.15) is 0 Å². The highest BCUT2D eigenvalue weighted by atomic mass is 19.2. The van der Waals surface area contributed by atoms with Gasteiger partial charge in [0.05, 0.1) is 11.7 Å². The number of benzene rings is 1. The van der Waals surface area contributed by atoms with E-state index in [-0.39, 0.29) is 5.69 Å². The van der Waals surface area contributed by atoms with Crippen LogP contribution in [0.3, 0.4) is 0 Å². The Morgan fingerprint density at radius 3 is 2.29 bits per heavy atom. The van der Waals surface area contributed by atoms with E-state index in [1.807, 2.05) is 4.90 Å². The van der Waals surface area contributed by atoms with E-state index in [0.29, 0.717) is 5.92 Å². The number of amides is 1. The molecule has 1 unspecified atom stereocenters. The van der Waals surface area contributed by atoms with Crippen LogP contribution in [0.5, 0.6) is 0 Å². The second-order valence-electron chi connectivity index (χ2n) is 6.62. The van der Waals surface area contributed by atoms with Crippen molar-refractivity contribution in [3.05, 3.63) is 29.6 Å². The minimum absolute atomic E-state index is 0.343. The number of piperazine rings is 1. The van der Waals surface area contributed by atoms with E-state index in [0.717, 1.165) is 44.9 Å². The van der Waals surface area contributed by atoms with E-state index in [9.17, 15) is 18.0 Å². The zero-order chi connectivity index (χ0) is 17.9. The molecule has 0 radical (unpaired) electrons. The zero-order valence-corrected chi connectivity index (χ0v) is 14.3. The van der Waals surface area contributed by atoms with Crippen molar-refractivity contribution in [3.63, 3.8) is 0 Å². The van der Waals surface area contributed by atoms with E-state index in [2.05, 4.69) is 24.1 Å². The maximum atomic E-state index is 13.7. The number of anilines is 1. The molecule has 1 atom stereocenters. The van der Waals surface area contributed by atoms with E-state index in [1.165, 1.54) is 0 Å². The first-order valence-corrected chi connectivity index (χ1v) is 8.20. The van der Waals surface area contributed by atoms with Crippen molar-refractivity contribution in [2.75, 3.05) is 38.0 Å². The van der Waals surface area contributed by atoms with Crippen LogP contribution in [0.4, 0.5) is 18.9 Å². The lowest BCUT2D eigenvalue weighted by Gasteiger charge is -2.38. The molecule has 1 fully saturated rings. The Morgan fingerprint density at radius 2 is 1.71 bits per heavy atom. The second-order valence-corrected chi connectivity index (χ2v) is 6.62. The lowest BCUT2D eigenvalue weighted by atomic mass is 10.1. The summed E-state index contributed by atoms with van der Waals surface area (Å²) in [5.41, 5.74) is -0.343. The van der Waals surface area contributed by atoms with Crippen molar-refractivity contribution in [3.8, 4) is 0 Å². The highest BCUT2D eigenvalue weighted by Gasteiger charge is 2.26. The molecule has 1 amide bonds. The minimum atomic E-state index is -1.58. The predicted octanol–water partition coefficient (Wildman–Crippen LogP) is 2.70. The number of carbonyl (C=O) groups is 1. The molecule has 134 valence electrons. The fraction of sp³-hybridized carbons (Fsp3) is 0.588. The highest BCUT2D eigenvalue weighted by Crippen LogP contribution is 2.20. The van der Waals surface area contributed by atoms with Crippen molar-refractivity contribution in [1.29, 1.82) is 0 Å². The topological polar surface area (TPSA) is 35.6 Å². The molecule has 0 bridgehead atoms. The summed E-state index contributed by atoms with van der Waals surface area (Å²) in [7, 11) is 0. The van der Waals surface area contributed by atoms with Crippen LogP contribution in [0.2, 0.25) is 0 Å². The van der Waals surface area contributed by atoms with Gasteiger partial charge in [0.15, 0.2) is 17.5 Å². The van der Waals surface area contributed by atoms with E-state index < -0.39 is 29.4 Å². The smallest absolute Gasteiger partial charge is 0.241 e. The Kier molecular flexibility index (Phi) is 6.23. The van der Waals surface area contributed by atoms with Crippen molar-refractivity contribution in [2.45, 2.75) is 26.8 Å². The molecular formula is C17H24F3N3O. The summed E-state index contributed by atoms with van der Waals surface area (Å²) in [5.74, 6) is -4.08. The molecule has 0 spiro atoms. The van der Waals surface area contributed by atoms with Gasteiger partial charge >= 0.3 is 0 Å². The third-order valence-electron chi connectivity index (χ3n) is 4.25. The highest BCUT2D eigenvalue weighted by molar-refractivity contribution is 5.94.